The molecule has 0 aromatic heterocycles. The third-order valence-electron chi connectivity index (χ3n) is 2.90. The topological polar surface area (TPSA) is 80.7 Å². The van der Waals surface area contributed by atoms with Crippen molar-refractivity contribution >= 4 is 21.7 Å². The normalized spacial score (nSPS) is 13.4. The summed E-state index contributed by atoms with van der Waals surface area (Å²) in [4.78, 5) is 11.7. The molecule has 128 valence electrons. The van der Waals surface area contributed by atoms with Crippen LogP contribution in [0.3, 0.4) is 0 Å². The number of allylic oxidation sites excluding steroid dienone is 1. The third kappa shape index (κ3) is 6.41. The van der Waals surface area contributed by atoms with Gasteiger partial charge < -0.3 is 4.74 Å². The Bertz CT molecular complexity index is 677. The van der Waals surface area contributed by atoms with E-state index >= 15 is 0 Å². The van der Waals surface area contributed by atoms with Crippen molar-refractivity contribution in [2.75, 3.05) is 12.4 Å². The zero-order valence-corrected chi connectivity index (χ0v) is 12.9. The van der Waals surface area contributed by atoms with Crippen molar-refractivity contribution in [3.63, 3.8) is 0 Å². The SMILES string of the molecule is C=C(C)c1ccc(C(=O)OCC(CS(=O)(=O)O)C(F)(F)F)cc1. The number of carbonyl (C=O) groups excluding carboxylic acids is 1. The Morgan fingerprint density at radius 1 is 1.26 bits per heavy atom. The largest absolute Gasteiger partial charge is 0.461 e. The lowest BCUT2D eigenvalue weighted by Crippen LogP contribution is -2.34. The summed E-state index contributed by atoms with van der Waals surface area (Å²) in [6.07, 6.45) is -4.93. The van der Waals surface area contributed by atoms with Crippen molar-refractivity contribution in [2.24, 2.45) is 5.92 Å². The van der Waals surface area contributed by atoms with Crippen molar-refractivity contribution in [3.05, 3.63) is 42.0 Å². The zero-order valence-electron chi connectivity index (χ0n) is 12.1. The molecule has 0 amide bonds. The molecule has 1 aromatic carbocycles. The second kappa shape index (κ2) is 7.14. The maximum absolute atomic E-state index is 12.7. The first-order valence-electron chi connectivity index (χ1n) is 6.35. The number of hydrogen-bond donors (Lipinski definition) is 1. The van der Waals surface area contributed by atoms with E-state index in [9.17, 15) is 26.4 Å². The molecule has 0 fully saturated rings. The molecule has 0 aliphatic heterocycles. The lowest BCUT2D eigenvalue weighted by molar-refractivity contribution is -0.177. The number of esters is 1. The molecule has 9 heteroatoms. The van der Waals surface area contributed by atoms with Crippen LogP contribution in [0.25, 0.3) is 5.57 Å². The maximum Gasteiger partial charge on any atom is 0.396 e. The molecule has 0 bridgehead atoms. The molecule has 0 radical (unpaired) electrons. The number of halogens is 3. The fourth-order valence-corrected chi connectivity index (χ4v) is 2.44. The van der Waals surface area contributed by atoms with Gasteiger partial charge in [0.2, 0.25) is 0 Å². The second-order valence-corrected chi connectivity index (χ2v) is 6.44. The Morgan fingerprint density at radius 2 is 1.74 bits per heavy atom. The summed E-state index contributed by atoms with van der Waals surface area (Å²) >= 11 is 0. The summed E-state index contributed by atoms with van der Waals surface area (Å²) in [5, 5.41) is 0. The average molecular weight is 352 g/mol. The maximum atomic E-state index is 12.7. The smallest absolute Gasteiger partial charge is 0.396 e. The van der Waals surface area contributed by atoms with Gasteiger partial charge in [-0.2, -0.15) is 21.6 Å². The molecule has 1 N–H and O–H groups in total. The Kier molecular flexibility index (Phi) is 5.95. The third-order valence-corrected chi connectivity index (χ3v) is 3.73. The van der Waals surface area contributed by atoms with E-state index < -0.39 is 40.5 Å². The Balaban J connectivity index is 2.77. The van der Waals surface area contributed by atoms with Gasteiger partial charge in [0.15, 0.2) is 0 Å². The van der Waals surface area contributed by atoms with Gasteiger partial charge in [-0.25, -0.2) is 4.79 Å². The van der Waals surface area contributed by atoms with Crippen molar-refractivity contribution < 1.29 is 35.7 Å². The first kappa shape index (κ1) is 19.2. The van der Waals surface area contributed by atoms with Gasteiger partial charge in [-0.3, -0.25) is 4.55 Å². The Hall–Kier alpha value is -1.87. The van der Waals surface area contributed by atoms with Gasteiger partial charge in [0.05, 0.1) is 11.3 Å². The average Bonchev–Trinajstić information content (AvgIpc) is 2.40. The summed E-state index contributed by atoms with van der Waals surface area (Å²) < 4.78 is 72.3. The highest BCUT2D eigenvalue weighted by Gasteiger charge is 2.43. The van der Waals surface area contributed by atoms with Gasteiger partial charge >= 0.3 is 12.1 Å². The molecular formula is C14H15F3O5S. The number of ether oxygens (including phenoxy) is 1. The summed E-state index contributed by atoms with van der Waals surface area (Å²) in [7, 11) is -4.86. The number of benzene rings is 1. The first-order valence-corrected chi connectivity index (χ1v) is 7.96. The van der Waals surface area contributed by atoms with Crippen molar-refractivity contribution in [2.45, 2.75) is 13.1 Å². The van der Waals surface area contributed by atoms with E-state index in [-0.39, 0.29) is 5.56 Å². The quantitative estimate of drug-likeness (QED) is 0.629. The van der Waals surface area contributed by atoms with Crippen LogP contribution in [0.5, 0.6) is 0 Å². The molecule has 0 saturated heterocycles. The predicted octanol–water partition coefficient (Wildman–Crippen LogP) is 2.94. The van der Waals surface area contributed by atoms with Crippen molar-refractivity contribution in [1.29, 1.82) is 0 Å². The number of carbonyl (C=O) groups is 1. The zero-order chi connectivity index (χ0) is 17.8. The van der Waals surface area contributed by atoms with E-state index in [4.69, 9.17) is 4.55 Å². The Morgan fingerprint density at radius 3 is 2.13 bits per heavy atom. The van der Waals surface area contributed by atoms with Crippen LogP contribution in [0.4, 0.5) is 13.2 Å². The number of alkyl halides is 3. The van der Waals surface area contributed by atoms with Crippen LogP contribution in [0.1, 0.15) is 22.8 Å². The molecular weight excluding hydrogens is 337 g/mol. The molecule has 1 rings (SSSR count). The van der Waals surface area contributed by atoms with Gasteiger partial charge in [-0.05, 0) is 24.6 Å². The van der Waals surface area contributed by atoms with Crippen LogP contribution < -0.4 is 0 Å². The van der Waals surface area contributed by atoms with E-state index in [0.29, 0.717) is 0 Å². The lowest BCUT2D eigenvalue weighted by Gasteiger charge is -2.18. The lowest BCUT2D eigenvalue weighted by atomic mass is 10.1. The van der Waals surface area contributed by atoms with E-state index in [0.717, 1.165) is 11.1 Å². The van der Waals surface area contributed by atoms with Crippen LogP contribution in [-0.2, 0) is 14.9 Å². The van der Waals surface area contributed by atoms with Crippen LogP contribution >= 0.6 is 0 Å². The Labute approximate surface area is 131 Å². The van der Waals surface area contributed by atoms with E-state index in [1.807, 2.05) is 0 Å². The highest BCUT2D eigenvalue weighted by atomic mass is 32.2. The fourth-order valence-electron chi connectivity index (χ4n) is 1.64. The second-order valence-electron chi connectivity index (χ2n) is 4.94. The highest BCUT2D eigenvalue weighted by Crippen LogP contribution is 2.28. The fraction of sp³-hybridized carbons (Fsp3) is 0.357. The molecule has 1 aromatic rings. The predicted molar refractivity (Wildman–Crippen MR) is 77.4 cm³/mol. The van der Waals surface area contributed by atoms with Gasteiger partial charge in [0.25, 0.3) is 10.1 Å². The highest BCUT2D eigenvalue weighted by molar-refractivity contribution is 7.85. The van der Waals surface area contributed by atoms with Crippen LogP contribution in [0.15, 0.2) is 30.8 Å². The van der Waals surface area contributed by atoms with Crippen molar-refractivity contribution in [3.8, 4) is 0 Å². The minimum absolute atomic E-state index is 0.0165. The monoisotopic (exact) mass is 352 g/mol. The molecule has 1 atom stereocenters. The number of hydrogen-bond acceptors (Lipinski definition) is 4. The summed E-state index contributed by atoms with van der Waals surface area (Å²) in [5.74, 6) is -5.10. The van der Waals surface area contributed by atoms with Gasteiger partial charge in [-0.1, -0.05) is 24.3 Å². The van der Waals surface area contributed by atoms with E-state index in [2.05, 4.69) is 11.3 Å². The molecule has 1 unspecified atom stereocenters. The minimum atomic E-state index is -4.93. The van der Waals surface area contributed by atoms with Crippen LogP contribution in [0, 0.1) is 5.92 Å². The van der Waals surface area contributed by atoms with E-state index in [1.54, 1.807) is 19.1 Å². The van der Waals surface area contributed by atoms with E-state index in [1.165, 1.54) is 12.1 Å². The molecule has 23 heavy (non-hydrogen) atoms. The van der Waals surface area contributed by atoms with Gasteiger partial charge in [-0.15, -0.1) is 0 Å². The molecule has 5 nitrogen and oxygen atoms in total. The van der Waals surface area contributed by atoms with Crippen LogP contribution in [0.2, 0.25) is 0 Å². The van der Waals surface area contributed by atoms with Gasteiger partial charge in [0, 0.05) is 0 Å². The summed E-state index contributed by atoms with van der Waals surface area (Å²) in [6, 6.07) is 5.83. The summed E-state index contributed by atoms with van der Waals surface area (Å²) in [6.45, 7) is 4.24. The van der Waals surface area contributed by atoms with Crippen molar-refractivity contribution in [1.82, 2.24) is 0 Å². The summed E-state index contributed by atoms with van der Waals surface area (Å²) in [5.41, 5.74) is 1.51. The molecule has 0 saturated carbocycles. The minimum Gasteiger partial charge on any atom is -0.461 e. The first-order chi connectivity index (χ1) is 10.4. The molecule has 0 heterocycles. The van der Waals surface area contributed by atoms with Gasteiger partial charge in [0.1, 0.15) is 12.5 Å². The number of rotatable bonds is 6. The molecule has 0 spiro atoms. The van der Waals surface area contributed by atoms with Crippen LogP contribution in [-0.4, -0.2) is 37.5 Å². The standard InChI is InChI=1S/C14H15F3O5S/c1-9(2)10-3-5-11(6-4-10)13(18)22-7-12(14(15,16)17)8-23(19,20)21/h3-6,12H,1,7-8H2,2H3,(H,19,20,21). The molecule has 0 aliphatic carbocycles. The molecule has 0 aliphatic rings.